The summed E-state index contributed by atoms with van der Waals surface area (Å²) in [6, 6.07) is 16.8. The first-order valence-electron chi connectivity index (χ1n) is 9.07. The minimum Gasteiger partial charge on any atom is -0.497 e. The smallest absolute Gasteiger partial charge is 0.235 e. The number of carbonyl (C=O) groups excluding carboxylic acids is 1. The van der Waals surface area contributed by atoms with Crippen molar-refractivity contribution in [3.63, 3.8) is 0 Å². The van der Waals surface area contributed by atoms with Crippen molar-refractivity contribution < 1.29 is 14.6 Å². The highest BCUT2D eigenvalue weighted by Gasteiger charge is 2.47. The van der Waals surface area contributed by atoms with Gasteiger partial charge in [0, 0.05) is 14.1 Å². The van der Waals surface area contributed by atoms with Crippen LogP contribution in [0.2, 0.25) is 0 Å². The van der Waals surface area contributed by atoms with Crippen LogP contribution in [0.25, 0.3) is 0 Å². The molecule has 0 heterocycles. The van der Waals surface area contributed by atoms with Crippen LogP contribution in [-0.2, 0) is 10.2 Å². The standard InChI is InChI=1S/C22H30N2O3/c1-23(2)16-15-22(21(26)24(3)4,18-9-7-6-8-10-18)20(25)17-11-13-19(27-5)14-12-17/h6-14,20,25H,15-16H2,1-5H3. The van der Waals surface area contributed by atoms with Gasteiger partial charge in [-0.3, -0.25) is 4.79 Å². The van der Waals surface area contributed by atoms with Crippen molar-refractivity contribution in [2.45, 2.75) is 17.9 Å². The Hall–Kier alpha value is -2.37. The molecule has 5 nitrogen and oxygen atoms in total. The lowest BCUT2D eigenvalue weighted by atomic mass is 9.69. The first-order valence-corrected chi connectivity index (χ1v) is 9.07. The number of ether oxygens (including phenoxy) is 1. The fourth-order valence-corrected chi connectivity index (χ4v) is 3.39. The molecule has 2 aromatic rings. The molecule has 27 heavy (non-hydrogen) atoms. The molecule has 2 rings (SSSR count). The summed E-state index contributed by atoms with van der Waals surface area (Å²) in [5.74, 6) is 0.599. The summed E-state index contributed by atoms with van der Waals surface area (Å²) in [7, 11) is 9.00. The van der Waals surface area contributed by atoms with Crippen LogP contribution >= 0.6 is 0 Å². The van der Waals surface area contributed by atoms with E-state index in [0.29, 0.717) is 24.3 Å². The summed E-state index contributed by atoms with van der Waals surface area (Å²) in [5.41, 5.74) is 0.423. The van der Waals surface area contributed by atoms with E-state index in [1.54, 1.807) is 38.2 Å². The number of nitrogens with zero attached hydrogens (tertiary/aromatic N) is 2. The number of benzene rings is 2. The molecular formula is C22H30N2O3. The average molecular weight is 370 g/mol. The SMILES string of the molecule is COc1ccc(C(O)C(CCN(C)C)(C(=O)N(C)C)c2ccccc2)cc1. The maximum absolute atomic E-state index is 13.4. The van der Waals surface area contributed by atoms with Crippen LogP contribution in [0, 0.1) is 0 Å². The van der Waals surface area contributed by atoms with Crippen LogP contribution < -0.4 is 4.74 Å². The fraction of sp³-hybridized carbons (Fsp3) is 0.409. The van der Waals surface area contributed by atoms with Gasteiger partial charge in [0.2, 0.25) is 5.91 Å². The summed E-state index contributed by atoms with van der Waals surface area (Å²) in [6.07, 6.45) is -0.491. The Balaban J connectivity index is 2.61. The van der Waals surface area contributed by atoms with Gasteiger partial charge in [-0.1, -0.05) is 42.5 Å². The van der Waals surface area contributed by atoms with E-state index >= 15 is 0 Å². The normalized spacial score (nSPS) is 14.5. The molecule has 0 spiro atoms. The predicted octanol–water partition coefficient (Wildman–Crippen LogP) is 2.71. The minimum absolute atomic E-state index is 0.112. The van der Waals surface area contributed by atoms with Crippen molar-refractivity contribution >= 4 is 5.91 Å². The van der Waals surface area contributed by atoms with Crippen molar-refractivity contribution in [1.82, 2.24) is 9.80 Å². The van der Waals surface area contributed by atoms with E-state index in [4.69, 9.17) is 4.74 Å². The van der Waals surface area contributed by atoms with Gasteiger partial charge in [-0.15, -0.1) is 0 Å². The third-order valence-electron chi connectivity index (χ3n) is 4.93. The molecule has 0 saturated heterocycles. The average Bonchev–Trinajstić information content (AvgIpc) is 2.68. The Kier molecular flexibility index (Phi) is 6.99. The maximum Gasteiger partial charge on any atom is 0.235 e. The molecular weight excluding hydrogens is 340 g/mol. The maximum atomic E-state index is 13.4. The number of likely N-dealkylation sites (N-methyl/N-ethyl adjacent to an activating group) is 1. The van der Waals surface area contributed by atoms with E-state index in [2.05, 4.69) is 0 Å². The Labute approximate surface area is 162 Å². The van der Waals surface area contributed by atoms with E-state index in [1.165, 1.54) is 0 Å². The first kappa shape index (κ1) is 20.9. The van der Waals surface area contributed by atoms with E-state index < -0.39 is 11.5 Å². The molecule has 0 saturated carbocycles. The molecule has 2 unspecified atom stereocenters. The summed E-state index contributed by atoms with van der Waals surface area (Å²) in [5, 5.41) is 11.5. The Morgan fingerprint density at radius 2 is 1.63 bits per heavy atom. The highest BCUT2D eigenvalue weighted by atomic mass is 16.5. The topological polar surface area (TPSA) is 53.0 Å². The zero-order valence-corrected chi connectivity index (χ0v) is 16.8. The van der Waals surface area contributed by atoms with Gasteiger partial charge in [-0.05, 0) is 50.3 Å². The zero-order chi connectivity index (χ0) is 20.0. The molecule has 5 heteroatoms. The van der Waals surface area contributed by atoms with Gasteiger partial charge in [0.25, 0.3) is 0 Å². The van der Waals surface area contributed by atoms with Gasteiger partial charge in [0.1, 0.15) is 11.2 Å². The number of hydrogen-bond donors (Lipinski definition) is 1. The number of methoxy groups -OCH3 is 1. The van der Waals surface area contributed by atoms with E-state index in [-0.39, 0.29) is 5.91 Å². The highest BCUT2D eigenvalue weighted by molar-refractivity contribution is 5.89. The number of aliphatic hydroxyl groups is 1. The van der Waals surface area contributed by atoms with Gasteiger partial charge < -0.3 is 19.6 Å². The number of carbonyl (C=O) groups is 1. The van der Waals surface area contributed by atoms with Crippen LogP contribution in [-0.4, -0.2) is 62.7 Å². The molecule has 1 N–H and O–H groups in total. The Bertz CT molecular complexity index is 729. The molecule has 1 amide bonds. The predicted molar refractivity (Wildman–Crippen MR) is 108 cm³/mol. The molecule has 0 radical (unpaired) electrons. The molecule has 0 aromatic heterocycles. The fourth-order valence-electron chi connectivity index (χ4n) is 3.39. The van der Waals surface area contributed by atoms with Gasteiger partial charge >= 0.3 is 0 Å². The minimum atomic E-state index is -1.08. The number of amides is 1. The van der Waals surface area contributed by atoms with Gasteiger partial charge in [0.05, 0.1) is 13.2 Å². The second kappa shape index (κ2) is 9.02. The van der Waals surface area contributed by atoms with Crippen molar-refractivity contribution in [3.05, 3.63) is 65.7 Å². The highest BCUT2D eigenvalue weighted by Crippen LogP contribution is 2.42. The van der Waals surface area contributed by atoms with E-state index in [0.717, 1.165) is 5.56 Å². The molecule has 0 fully saturated rings. The third kappa shape index (κ3) is 4.49. The van der Waals surface area contributed by atoms with Crippen molar-refractivity contribution in [3.8, 4) is 5.75 Å². The molecule has 2 aromatic carbocycles. The molecule has 2 atom stereocenters. The molecule has 0 bridgehead atoms. The van der Waals surface area contributed by atoms with Crippen molar-refractivity contribution in [2.75, 3.05) is 41.8 Å². The summed E-state index contributed by atoms with van der Waals surface area (Å²) in [6.45, 7) is 0.668. The third-order valence-corrected chi connectivity index (χ3v) is 4.93. The summed E-state index contributed by atoms with van der Waals surface area (Å²) < 4.78 is 5.22. The zero-order valence-electron chi connectivity index (χ0n) is 16.8. The monoisotopic (exact) mass is 370 g/mol. The van der Waals surface area contributed by atoms with E-state index in [9.17, 15) is 9.90 Å². The van der Waals surface area contributed by atoms with Gasteiger partial charge in [0.15, 0.2) is 0 Å². The number of hydrogen-bond acceptors (Lipinski definition) is 4. The lowest BCUT2D eigenvalue weighted by Gasteiger charge is -2.40. The van der Waals surface area contributed by atoms with Crippen LogP contribution in [0.1, 0.15) is 23.7 Å². The Morgan fingerprint density at radius 3 is 2.11 bits per heavy atom. The van der Waals surface area contributed by atoms with Crippen LogP contribution in [0.15, 0.2) is 54.6 Å². The molecule has 0 aliphatic carbocycles. The van der Waals surface area contributed by atoms with Crippen LogP contribution in [0.4, 0.5) is 0 Å². The second-order valence-corrected chi connectivity index (χ2v) is 7.27. The van der Waals surface area contributed by atoms with Gasteiger partial charge in [-0.2, -0.15) is 0 Å². The summed E-state index contributed by atoms with van der Waals surface area (Å²) >= 11 is 0. The van der Waals surface area contributed by atoms with Crippen LogP contribution in [0.3, 0.4) is 0 Å². The number of rotatable bonds is 8. The lowest BCUT2D eigenvalue weighted by Crippen LogP contribution is -2.49. The van der Waals surface area contributed by atoms with Crippen molar-refractivity contribution in [2.24, 2.45) is 0 Å². The first-order chi connectivity index (χ1) is 12.8. The van der Waals surface area contributed by atoms with Gasteiger partial charge in [-0.25, -0.2) is 0 Å². The summed E-state index contributed by atoms with van der Waals surface area (Å²) in [4.78, 5) is 17.0. The number of aliphatic hydroxyl groups excluding tert-OH is 1. The molecule has 0 aliphatic heterocycles. The largest absolute Gasteiger partial charge is 0.497 e. The van der Waals surface area contributed by atoms with E-state index in [1.807, 2.05) is 61.5 Å². The molecule has 0 aliphatic rings. The lowest BCUT2D eigenvalue weighted by molar-refractivity contribution is -0.140. The quantitative estimate of drug-likeness (QED) is 0.776. The second-order valence-electron chi connectivity index (χ2n) is 7.27. The van der Waals surface area contributed by atoms with Crippen LogP contribution in [0.5, 0.6) is 5.75 Å². The Morgan fingerprint density at radius 1 is 1.04 bits per heavy atom. The van der Waals surface area contributed by atoms with Crippen molar-refractivity contribution in [1.29, 1.82) is 0 Å². The molecule has 146 valence electrons.